The van der Waals surface area contributed by atoms with Crippen LogP contribution in [-0.2, 0) is 14.3 Å². The van der Waals surface area contributed by atoms with E-state index < -0.39 is 11.9 Å². The van der Waals surface area contributed by atoms with Gasteiger partial charge in [0.1, 0.15) is 12.4 Å². The summed E-state index contributed by atoms with van der Waals surface area (Å²) in [4.78, 5) is 23.6. The van der Waals surface area contributed by atoms with E-state index in [0.717, 1.165) is 0 Å². The number of rotatable bonds is 1. The molecule has 1 aliphatic rings. The van der Waals surface area contributed by atoms with Crippen molar-refractivity contribution in [1.29, 1.82) is 0 Å². The lowest BCUT2D eigenvalue weighted by Gasteiger charge is -2.25. The number of anilines is 1. The zero-order chi connectivity index (χ0) is 10.8. The van der Waals surface area contributed by atoms with Crippen LogP contribution in [-0.4, -0.2) is 25.0 Å². The normalized spacial score (nSPS) is 16.5. The van der Waals surface area contributed by atoms with E-state index in [1.807, 2.05) is 0 Å². The molecule has 15 heavy (non-hydrogen) atoms. The maximum atomic E-state index is 12.6. The summed E-state index contributed by atoms with van der Waals surface area (Å²) in [6, 6.07) is 5.38. The van der Waals surface area contributed by atoms with Crippen LogP contribution in [0, 0.1) is 5.82 Å². The number of benzene rings is 1. The third kappa shape index (κ3) is 1.81. The van der Waals surface area contributed by atoms with Crippen LogP contribution in [0.1, 0.15) is 0 Å². The Morgan fingerprint density at radius 2 is 1.87 bits per heavy atom. The van der Waals surface area contributed by atoms with Gasteiger partial charge >= 0.3 is 11.9 Å². The van der Waals surface area contributed by atoms with Crippen molar-refractivity contribution in [3.8, 4) is 0 Å². The Labute approximate surface area is 85.2 Å². The van der Waals surface area contributed by atoms with Crippen molar-refractivity contribution in [2.24, 2.45) is 0 Å². The molecule has 2 rings (SSSR count). The molecular formula is C10H8FNO3. The van der Waals surface area contributed by atoms with Crippen molar-refractivity contribution in [2.45, 2.75) is 0 Å². The number of hydrogen-bond acceptors (Lipinski definition) is 3. The molecule has 0 aliphatic carbocycles. The number of morpholine rings is 1. The molecule has 4 nitrogen and oxygen atoms in total. The molecule has 1 fully saturated rings. The summed E-state index contributed by atoms with van der Waals surface area (Å²) in [5, 5.41) is 0. The van der Waals surface area contributed by atoms with Crippen LogP contribution in [0.2, 0.25) is 0 Å². The SMILES string of the molecule is O=C1OCCN(c2ccc(F)cc2)C1=O. The summed E-state index contributed by atoms with van der Waals surface area (Å²) in [6.07, 6.45) is 0. The van der Waals surface area contributed by atoms with Crippen molar-refractivity contribution in [3.63, 3.8) is 0 Å². The molecule has 1 saturated heterocycles. The molecule has 0 spiro atoms. The average Bonchev–Trinajstić information content (AvgIpc) is 2.24. The Hall–Kier alpha value is -1.91. The van der Waals surface area contributed by atoms with Crippen LogP contribution >= 0.6 is 0 Å². The quantitative estimate of drug-likeness (QED) is 0.505. The van der Waals surface area contributed by atoms with Gasteiger partial charge in [-0.2, -0.15) is 0 Å². The van der Waals surface area contributed by atoms with Gasteiger partial charge in [0.05, 0.1) is 6.54 Å². The Morgan fingerprint density at radius 1 is 1.20 bits per heavy atom. The first-order valence-electron chi connectivity index (χ1n) is 4.42. The molecule has 0 bridgehead atoms. The minimum absolute atomic E-state index is 0.169. The lowest BCUT2D eigenvalue weighted by Crippen LogP contribution is -2.45. The van der Waals surface area contributed by atoms with Crippen LogP contribution in [0.4, 0.5) is 10.1 Å². The van der Waals surface area contributed by atoms with Crippen molar-refractivity contribution in [1.82, 2.24) is 0 Å². The molecule has 0 N–H and O–H groups in total. The summed E-state index contributed by atoms with van der Waals surface area (Å²) < 4.78 is 17.2. The van der Waals surface area contributed by atoms with Gasteiger partial charge in [-0.05, 0) is 24.3 Å². The van der Waals surface area contributed by atoms with Gasteiger partial charge in [0, 0.05) is 5.69 Å². The number of nitrogens with zero attached hydrogens (tertiary/aromatic N) is 1. The molecule has 5 heteroatoms. The van der Waals surface area contributed by atoms with Gasteiger partial charge in [0.2, 0.25) is 0 Å². The standard InChI is InChI=1S/C10H8FNO3/c11-7-1-3-8(4-2-7)12-5-6-15-10(14)9(12)13/h1-4H,5-6H2. The zero-order valence-electron chi connectivity index (χ0n) is 7.77. The first kappa shape index (κ1) is 9.64. The van der Waals surface area contributed by atoms with Crippen LogP contribution in [0.15, 0.2) is 24.3 Å². The third-order valence-corrected chi connectivity index (χ3v) is 2.11. The number of amides is 1. The second kappa shape index (κ2) is 3.68. The highest BCUT2D eigenvalue weighted by atomic mass is 19.1. The Morgan fingerprint density at radius 3 is 2.53 bits per heavy atom. The van der Waals surface area contributed by atoms with Crippen LogP contribution in [0.3, 0.4) is 0 Å². The van der Waals surface area contributed by atoms with E-state index in [1.165, 1.54) is 29.2 Å². The fraction of sp³-hybridized carbons (Fsp3) is 0.200. The maximum Gasteiger partial charge on any atom is 0.397 e. The van der Waals surface area contributed by atoms with E-state index in [0.29, 0.717) is 12.2 Å². The van der Waals surface area contributed by atoms with E-state index in [2.05, 4.69) is 4.74 Å². The van der Waals surface area contributed by atoms with Crippen molar-refractivity contribution in [3.05, 3.63) is 30.1 Å². The molecule has 0 unspecified atom stereocenters. The molecule has 0 radical (unpaired) electrons. The smallest absolute Gasteiger partial charge is 0.397 e. The minimum atomic E-state index is -0.870. The number of esters is 1. The minimum Gasteiger partial charge on any atom is -0.457 e. The molecule has 0 atom stereocenters. The molecular weight excluding hydrogens is 201 g/mol. The Kier molecular flexibility index (Phi) is 2.37. The summed E-state index contributed by atoms with van der Waals surface area (Å²) in [7, 11) is 0. The summed E-state index contributed by atoms with van der Waals surface area (Å²) in [6.45, 7) is 0.470. The van der Waals surface area contributed by atoms with Gasteiger partial charge in [0.25, 0.3) is 0 Å². The van der Waals surface area contributed by atoms with Gasteiger partial charge < -0.3 is 4.74 Å². The summed E-state index contributed by atoms with van der Waals surface area (Å²) in [5.74, 6) is -1.97. The number of carbonyl (C=O) groups is 2. The number of ether oxygens (including phenoxy) is 1. The molecule has 1 amide bonds. The number of carbonyl (C=O) groups excluding carboxylic acids is 2. The predicted octanol–water partition coefficient (Wildman–Crippen LogP) is 0.715. The lowest BCUT2D eigenvalue weighted by molar-refractivity contribution is -0.156. The maximum absolute atomic E-state index is 12.6. The summed E-state index contributed by atoms with van der Waals surface area (Å²) >= 11 is 0. The fourth-order valence-electron chi connectivity index (χ4n) is 1.37. The molecule has 1 aromatic rings. The molecule has 78 valence electrons. The van der Waals surface area contributed by atoms with E-state index in [4.69, 9.17) is 0 Å². The average molecular weight is 209 g/mol. The molecule has 0 saturated carbocycles. The predicted molar refractivity (Wildman–Crippen MR) is 49.7 cm³/mol. The highest BCUT2D eigenvalue weighted by molar-refractivity contribution is 6.38. The summed E-state index contributed by atoms with van der Waals surface area (Å²) in [5.41, 5.74) is 0.498. The molecule has 1 heterocycles. The molecule has 0 aromatic heterocycles. The molecule has 1 aliphatic heterocycles. The highest BCUT2D eigenvalue weighted by Gasteiger charge is 2.29. The fourth-order valence-corrected chi connectivity index (χ4v) is 1.37. The van der Waals surface area contributed by atoms with E-state index in [9.17, 15) is 14.0 Å². The lowest BCUT2D eigenvalue weighted by atomic mass is 10.2. The second-order valence-corrected chi connectivity index (χ2v) is 3.07. The van der Waals surface area contributed by atoms with Crippen LogP contribution < -0.4 is 4.90 Å². The first-order chi connectivity index (χ1) is 7.18. The second-order valence-electron chi connectivity index (χ2n) is 3.07. The Balaban J connectivity index is 2.26. The van der Waals surface area contributed by atoms with Crippen LogP contribution in [0.5, 0.6) is 0 Å². The number of halogens is 1. The van der Waals surface area contributed by atoms with Gasteiger partial charge in [-0.25, -0.2) is 9.18 Å². The van der Waals surface area contributed by atoms with E-state index in [-0.39, 0.29) is 12.4 Å². The van der Waals surface area contributed by atoms with Crippen molar-refractivity contribution in [2.75, 3.05) is 18.1 Å². The van der Waals surface area contributed by atoms with Gasteiger partial charge in [0.15, 0.2) is 0 Å². The third-order valence-electron chi connectivity index (χ3n) is 2.11. The van der Waals surface area contributed by atoms with Crippen molar-refractivity contribution >= 4 is 17.6 Å². The largest absolute Gasteiger partial charge is 0.457 e. The van der Waals surface area contributed by atoms with E-state index >= 15 is 0 Å². The van der Waals surface area contributed by atoms with Crippen molar-refractivity contribution < 1.29 is 18.7 Å². The topological polar surface area (TPSA) is 46.6 Å². The van der Waals surface area contributed by atoms with Crippen LogP contribution in [0.25, 0.3) is 0 Å². The van der Waals surface area contributed by atoms with Gasteiger partial charge in [-0.1, -0.05) is 0 Å². The monoisotopic (exact) mass is 209 g/mol. The molecule has 1 aromatic carbocycles. The van der Waals surface area contributed by atoms with E-state index in [1.54, 1.807) is 0 Å². The highest BCUT2D eigenvalue weighted by Crippen LogP contribution is 2.17. The zero-order valence-corrected chi connectivity index (χ0v) is 7.77. The number of cyclic esters (lactones) is 1. The van der Waals surface area contributed by atoms with Gasteiger partial charge in [-0.3, -0.25) is 9.69 Å². The van der Waals surface area contributed by atoms with Gasteiger partial charge in [-0.15, -0.1) is 0 Å². The Bertz CT molecular complexity index is 402. The number of hydrogen-bond donors (Lipinski definition) is 0. The first-order valence-corrected chi connectivity index (χ1v) is 4.42.